The number of aromatic nitrogens is 4. The van der Waals surface area contributed by atoms with E-state index >= 15 is 0 Å². The van der Waals surface area contributed by atoms with Crippen molar-refractivity contribution in [1.82, 2.24) is 20.1 Å². The zero-order valence-electron chi connectivity index (χ0n) is 11.5. The number of hydrogen-bond acceptors (Lipinski definition) is 7. The molecular weight excluding hydrogens is 294 g/mol. The Bertz CT molecular complexity index is 1030. The van der Waals surface area contributed by atoms with Crippen LogP contribution >= 0.6 is 0 Å². The molecule has 0 amide bonds. The summed E-state index contributed by atoms with van der Waals surface area (Å²) in [5, 5.41) is 14.9. The fourth-order valence-corrected chi connectivity index (χ4v) is 2.22. The maximum absolute atomic E-state index is 11.6. The van der Waals surface area contributed by atoms with Crippen LogP contribution in [0, 0.1) is 24.0 Å². The van der Waals surface area contributed by atoms with Gasteiger partial charge in [0.25, 0.3) is 5.69 Å². The van der Waals surface area contributed by atoms with Crippen LogP contribution in [0.2, 0.25) is 0 Å². The van der Waals surface area contributed by atoms with Gasteiger partial charge in [-0.1, -0.05) is 5.16 Å². The molecule has 0 aliphatic heterocycles. The number of aromatic amines is 2. The Kier molecular flexibility index (Phi) is 2.87. The highest BCUT2D eigenvalue weighted by Gasteiger charge is 2.23. The number of nitrogens with one attached hydrogen (secondary N) is 2. The number of nitro groups is 1. The van der Waals surface area contributed by atoms with Crippen LogP contribution in [-0.4, -0.2) is 25.0 Å². The third-order valence-electron chi connectivity index (χ3n) is 3.20. The summed E-state index contributed by atoms with van der Waals surface area (Å²) in [6.07, 6.45) is 0. The molecule has 0 spiro atoms. The first-order chi connectivity index (χ1) is 10.4. The molecule has 112 valence electrons. The molecule has 3 aromatic rings. The van der Waals surface area contributed by atoms with Crippen molar-refractivity contribution in [2.24, 2.45) is 0 Å². The molecule has 22 heavy (non-hydrogen) atoms. The number of benzene rings is 1. The summed E-state index contributed by atoms with van der Waals surface area (Å²) in [5.74, 6) is 0.354. The first kappa shape index (κ1) is 13.7. The Hall–Kier alpha value is -3.30. The van der Waals surface area contributed by atoms with E-state index in [4.69, 9.17) is 4.52 Å². The lowest BCUT2D eigenvalue weighted by molar-refractivity contribution is -0.385. The van der Waals surface area contributed by atoms with Crippen LogP contribution in [0.3, 0.4) is 0 Å². The van der Waals surface area contributed by atoms with Crippen LogP contribution in [0.15, 0.2) is 20.2 Å². The van der Waals surface area contributed by atoms with Gasteiger partial charge in [0, 0.05) is 18.6 Å². The predicted octanol–water partition coefficient (Wildman–Crippen LogP) is 0.791. The quantitative estimate of drug-likeness (QED) is 0.404. The fraction of sp³-hybridized carbons (Fsp3) is 0.167. The molecule has 0 aliphatic rings. The summed E-state index contributed by atoms with van der Waals surface area (Å²) < 4.78 is 4.88. The summed E-state index contributed by atoms with van der Waals surface area (Å²) in [6.45, 7) is 3.07. The minimum absolute atomic E-state index is 0.0893. The Morgan fingerprint density at radius 2 is 1.91 bits per heavy atom. The summed E-state index contributed by atoms with van der Waals surface area (Å²) in [5.41, 5.74) is -1.21. The Balaban J connectivity index is 2.53. The number of nitro benzene ring substituents is 1. The van der Waals surface area contributed by atoms with E-state index in [1.165, 1.54) is 13.0 Å². The average molecular weight is 303 g/mol. The van der Waals surface area contributed by atoms with Crippen molar-refractivity contribution >= 4 is 16.7 Å². The molecule has 1 aromatic carbocycles. The molecule has 3 rings (SSSR count). The van der Waals surface area contributed by atoms with Crippen molar-refractivity contribution in [3.05, 3.63) is 48.3 Å². The summed E-state index contributed by atoms with van der Waals surface area (Å²) >= 11 is 0. The summed E-state index contributed by atoms with van der Waals surface area (Å²) in [7, 11) is 0. The molecule has 10 heteroatoms. The van der Waals surface area contributed by atoms with Crippen LogP contribution in [0.1, 0.15) is 11.5 Å². The van der Waals surface area contributed by atoms with Crippen molar-refractivity contribution in [3.8, 4) is 11.4 Å². The number of nitrogens with zero attached hydrogens (tertiary/aromatic N) is 3. The topological polar surface area (TPSA) is 148 Å². The van der Waals surface area contributed by atoms with Crippen molar-refractivity contribution in [2.75, 3.05) is 0 Å². The second-order valence-electron chi connectivity index (χ2n) is 4.62. The number of rotatable bonds is 2. The Morgan fingerprint density at radius 1 is 1.23 bits per heavy atom. The molecule has 0 saturated heterocycles. The molecule has 0 atom stereocenters. The van der Waals surface area contributed by atoms with E-state index in [9.17, 15) is 19.7 Å². The second kappa shape index (κ2) is 4.62. The van der Waals surface area contributed by atoms with Gasteiger partial charge >= 0.3 is 11.1 Å². The number of aryl methyl sites for hydroxylation is 1. The first-order valence-corrected chi connectivity index (χ1v) is 6.13. The van der Waals surface area contributed by atoms with Gasteiger partial charge in [-0.05, 0) is 6.92 Å². The van der Waals surface area contributed by atoms with Crippen molar-refractivity contribution in [3.63, 3.8) is 0 Å². The van der Waals surface area contributed by atoms with E-state index in [2.05, 4.69) is 20.1 Å². The van der Waals surface area contributed by atoms with Gasteiger partial charge in [-0.2, -0.15) is 4.98 Å². The van der Waals surface area contributed by atoms with Crippen molar-refractivity contribution in [2.45, 2.75) is 13.8 Å². The lowest BCUT2D eigenvalue weighted by Crippen LogP contribution is -2.29. The third kappa shape index (κ3) is 1.97. The van der Waals surface area contributed by atoms with Crippen molar-refractivity contribution in [1.29, 1.82) is 0 Å². The number of H-pyrrole nitrogens is 2. The van der Waals surface area contributed by atoms with Crippen LogP contribution in [-0.2, 0) is 0 Å². The molecule has 2 heterocycles. The highest BCUT2D eigenvalue weighted by Crippen LogP contribution is 2.33. The zero-order chi connectivity index (χ0) is 16.0. The van der Waals surface area contributed by atoms with E-state index < -0.39 is 16.0 Å². The maximum atomic E-state index is 11.6. The Labute approximate surface area is 121 Å². The monoisotopic (exact) mass is 303 g/mol. The van der Waals surface area contributed by atoms with Gasteiger partial charge in [0.05, 0.1) is 21.5 Å². The van der Waals surface area contributed by atoms with Gasteiger partial charge < -0.3 is 14.5 Å². The Morgan fingerprint density at radius 3 is 2.50 bits per heavy atom. The summed E-state index contributed by atoms with van der Waals surface area (Å²) in [4.78, 5) is 42.3. The van der Waals surface area contributed by atoms with Gasteiger partial charge in [-0.25, -0.2) is 0 Å². The predicted molar refractivity (Wildman–Crippen MR) is 74.6 cm³/mol. The minimum Gasteiger partial charge on any atom is -0.339 e. The fourth-order valence-electron chi connectivity index (χ4n) is 2.22. The maximum Gasteiger partial charge on any atom is 0.314 e. The molecule has 0 radical (unpaired) electrons. The summed E-state index contributed by atoms with van der Waals surface area (Å²) in [6, 6.07) is 1.18. The molecule has 0 unspecified atom stereocenters. The highest BCUT2D eigenvalue weighted by molar-refractivity contribution is 5.94. The highest BCUT2D eigenvalue weighted by atomic mass is 16.6. The van der Waals surface area contributed by atoms with Gasteiger partial charge in [0.1, 0.15) is 0 Å². The third-order valence-corrected chi connectivity index (χ3v) is 3.20. The van der Waals surface area contributed by atoms with Crippen LogP contribution in [0.5, 0.6) is 0 Å². The molecule has 0 bridgehead atoms. The number of fused-ring (bicyclic) bond motifs is 1. The standard InChI is InChI=1S/C12H9N5O5/c1-4-7(17(20)21)3-6-9(15-12(19)11(18)14-6)8(4)10-13-5(2)22-16-10/h3H,1-2H3,(H,14,18)(H,15,19). The smallest absolute Gasteiger partial charge is 0.314 e. The van der Waals surface area contributed by atoms with E-state index in [-0.39, 0.29) is 39.6 Å². The van der Waals surface area contributed by atoms with Crippen molar-refractivity contribution < 1.29 is 9.45 Å². The minimum atomic E-state index is -0.902. The molecule has 10 nitrogen and oxygen atoms in total. The molecule has 2 aromatic heterocycles. The molecular formula is C12H9N5O5. The van der Waals surface area contributed by atoms with Gasteiger partial charge in [0.15, 0.2) is 0 Å². The SMILES string of the molecule is Cc1nc(-c2c(C)c([N+](=O)[O-])cc3[nH]c(=O)c(=O)[nH]c23)no1. The lowest BCUT2D eigenvalue weighted by atomic mass is 10.0. The van der Waals surface area contributed by atoms with Gasteiger partial charge in [0.2, 0.25) is 11.7 Å². The zero-order valence-corrected chi connectivity index (χ0v) is 11.5. The van der Waals surface area contributed by atoms with E-state index in [0.29, 0.717) is 0 Å². The molecule has 0 saturated carbocycles. The van der Waals surface area contributed by atoms with E-state index in [1.807, 2.05) is 0 Å². The first-order valence-electron chi connectivity index (χ1n) is 6.13. The second-order valence-corrected chi connectivity index (χ2v) is 4.62. The van der Waals surface area contributed by atoms with Crippen LogP contribution in [0.4, 0.5) is 5.69 Å². The van der Waals surface area contributed by atoms with Gasteiger partial charge in [-0.15, -0.1) is 0 Å². The van der Waals surface area contributed by atoms with Crippen LogP contribution in [0.25, 0.3) is 22.4 Å². The lowest BCUT2D eigenvalue weighted by Gasteiger charge is -2.07. The molecule has 2 N–H and O–H groups in total. The largest absolute Gasteiger partial charge is 0.339 e. The molecule has 0 fully saturated rings. The molecule has 0 aliphatic carbocycles. The van der Waals surface area contributed by atoms with E-state index in [0.717, 1.165) is 0 Å². The van der Waals surface area contributed by atoms with Crippen LogP contribution < -0.4 is 11.1 Å². The normalized spacial score (nSPS) is 11.0. The van der Waals surface area contributed by atoms with Gasteiger partial charge in [-0.3, -0.25) is 19.7 Å². The number of hydrogen-bond donors (Lipinski definition) is 2. The average Bonchev–Trinajstić information content (AvgIpc) is 2.86. The van der Waals surface area contributed by atoms with E-state index in [1.54, 1.807) is 6.92 Å².